The zero-order chi connectivity index (χ0) is 6.69. The molecule has 0 unspecified atom stereocenters. The molecular weight excluding hydrogens is 114 g/mol. The van der Waals surface area contributed by atoms with Crippen LogP contribution in [0.5, 0.6) is 0 Å². The highest BCUT2D eigenvalue weighted by Gasteiger charge is 2.07. The van der Waals surface area contributed by atoms with Gasteiger partial charge in [0.15, 0.2) is 0 Å². The van der Waals surface area contributed by atoms with Crippen molar-refractivity contribution in [3.05, 3.63) is 11.9 Å². The summed E-state index contributed by atoms with van der Waals surface area (Å²) in [5.41, 5.74) is 8.71. The van der Waals surface area contributed by atoms with Gasteiger partial charge in [0, 0.05) is 13.1 Å². The fraction of sp³-hybridized carbons (Fsp3) is 0.667. The van der Waals surface area contributed by atoms with E-state index in [4.69, 9.17) is 5.73 Å². The van der Waals surface area contributed by atoms with Crippen molar-refractivity contribution in [2.75, 3.05) is 13.1 Å². The monoisotopic (exact) mass is 127 g/mol. The van der Waals surface area contributed by atoms with E-state index in [9.17, 15) is 0 Å². The molecule has 0 radical (unpaired) electrons. The first-order valence-electron chi connectivity index (χ1n) is 3.31. The molecule has 1 aliphatic rings. The molecule has 3 N–H and O–H groups in total. The van der Waals surface area contributed by atoms with E-state index in [-0.39, 0.29) is 0 Å². The molecular formula is C6H13N3. The summed E-state index contributed by atoms with van der Waals surface area (Å²) < 4.78 is 0. The second-order valence-electron chi connectivity index (χ2n) is 2.14. The van der Waals surface area contributed by atoms with Crippen LogP contribution in [-0.2, 0) is 0 Å². The second-order valence-corrected chi connectivity index (χ2v) is 2.14. The summed E-state index contributed by atoms with van der Waals surface area (Å²) in [4.78, 5) is 0. The molecule has 3 heteroatoms. The van der Waals surface area contributed by atoms with Crippen molar-refractivity contribution in [3.63, 3.8) is 0 Å². The van der Waals surface area contributed by atoms with Crippen molar-refractivity contribution in [1.82, 2.24) is 10.4 Å². The minimum atomic E-state index is 0.858. The van der Waals surface area contributed by atoms with Crippen LogP contribution in [0.3, 0.4) is 0 Å². The second kappa shape index (κ2) is 2.73. The van der Waals surface area contributed by atoms with Crippen molar-refractivity contribution in [2.45, 2.75) is 13.3 Å². The van der Waals surface area contributed by atoms with Crippen molar-refractivity contribution < 1.29 is 0 Å². The first-order chi connectivity index (χ1) is 4.34. The van der Waals surface area contributed by atoms with Crippen LogP contribution in [0.15, 0.2) is 11.9 Å². The number of rotatable bonds is 2. The van der Waals surface area contributed by atoms with Crippen LogP contribution in [0.4, 0.5) is 0 Å². The molecule has 0 aromatic heterocycles. The molecule has 1 heterocycles. The molecule has 0 fully saturated rings. The van der Waals surface area contributed by atoms with E-state index in [1.54, 1.807) is 0 Å². The van der Waals surface area contributed by atoms with Gasteiger partial charge in [-0.05, 0) is 12.5 Å². The number of hydrogen-bond acceptors (Lipinski definition) is 3. The number of nitrogens with zero attached hydrogens (tertiary/aromatic N) is 1. The summed E-state index contributed by atoms with van der Waals surface area (Å²) in [5, 5.41) is 1.97. The first kappa shape index (κ1) is 6.42. The van der Waals surface area contributed by atoms with E-state index < -0.39 is 0 Å². The molecule has 0 aromatic rings. The third kappa shape index (κ3) is 1.36. The minimum absolute atomic E-state index is 0.858. The molecule has 0 atom stereocenters. The fourth-order valence-corrected chi connectivity index (χ4v) is 0.894. The van der Waals surface area contributed by atoms with Gasteiger partial charge in [-0.3, -0.25) is 5.01 Å². The summed E-state index contributed by atoms with van der Waals surface area (Å²) in [5.74, 6) is 0.858. The van der Waals surface area contributed by atoms with E-state index in [0.717, 1.165) is 25.3 Å². The largest absolute Gasteiger partial charge is 0.385 e. The van der Waals surface area contributed by atoms with E-state index in [1.165, 1.54) is 0 Å². The lowest BCUT2D eigenvalue weighted by atomic mass is 10.5. The normalized spacial score (nSPS) is 18.3. The Bertz CT molecular complexity index is 119. The molecule has 0 amide bonds. The molecule has 1 aliphatic heterocycles. The molecule has 3 nitrogen and oxygen atoms in total. The van der Waals surface area contributed by atoms with Crippen molar-refractivity contribution in [2.24, 2.45) is 5.73 Å². The Hall–Kier alpha value is -0.700. The Morgan fingerprint density at radius 2 is 2.67 bits per heavy atom. The van der Waals surface area contributed by atoms with Crippen LogP contribution in [0, 0.1) is 0 Å². The average molecular weight is 127 g/mol. The Kier molecular flexibility index (Phi) is 1.95. The van der Waals surface area contributed by atoms with Crippen LogP contribution >= 0.6 is 0 Å². The summed E-state index contributed by atoms with van der Waals surface area (Å²) in [6, 6.07) is 0. The Morgan fingerprint density at radius 3 is 3.11 bits per heavy atom. The number of hydrogen-bond donors (Lipinski definition) is 2. The Labute approximate surface area is 55.5 Å². The molecule has 1 rings (SSSR count). The van der Waals surface area contributed by atoms with E-state index in [0.29, 0.717) is 0 Å². The topological polar surface area (TPSA) is 41.3 Å². The predicted molar refractivity (Wildman–Crippen MR) is 37.3 cm³/mol. The summed E-state index contributed by atoms with van der Waals surface area (Å²) in [7, 11) is 0. The SMILES string of the molecule is CCCN1NCC=C1N. The van der Waals surface area contributed by atoms with Crippen molar-refractivity contribution >= 4 is 0 Å². The average Bonchev–Trinajstić information content (AvgIpc) is 2.18. The van der Waals surface area contributed by atoms with Crippen molar-refractivity contribution in [3.8, 4) is 0 Å². The van der Waals surface area contributed by atoms with Crippen LogP contribution in [0.1, 0.15) is 13.3 Å². The third-order valence-electron chi connectivity index (χ3n) is 1.35. The van der Waals surface area contributed by atoms with Gasteiger partial charge in [-0.15, -0.1) is 0 Å². The van der Waals surface area contributed by atoms with Gasteiger partial charge >= 0.3 is 0 Å². The van der Waals surface area contributed by atoms with Gasteiger partial charge in [0.25, 0.3) is 0 Å². The predicted octanol–water partition coefficient (Wildman–Crippen LogP) is 0.0167. The quantitative estimate of drug-likeness (QED) is 0.549. The van der Waals surface area contributed by atoms with Crippen molar-refractivity contribution in [1.29, 1.82) is 0 Å². The maximum Gasteiger partial charge on any atom is 0.110 e. The summed E-state index contributed by atoms with van der Waals surface area (Å²) in [6.07, 6.45) is 3.11. The van der Waals surface area contributed by atoms with Gasteiger partial charge < -0.3 is 5.73 Å². The molecule has 0 aliphatic carbocycles. The summed E-state index contributed by atoms with van der Waals surface area (Å²) >= 11 is 0. The Morgan fingerprint density at radius 1 is 1.89 bits per heavy atom. The smallest absolute Gasteiger partial charge is 0.110 e. The molecule has 0 spiro atoms. The molecule has 9 heavy (non-hydrogen) atoms. The van der Waals surface area contributed by atoms with Gasteiger partial charge in [-0.1, -0.05) is 6.92 Å². The van der Waals surface area contributed by atoms with Crippen LogP contribution in [0.2, 0.25) is 0 Å². The lowest BCUT2D eigenvalue weighted by Gasteiger charge is -2.17. The van der Waals surface area contributed by atoms with E-state index >= 15 is 0 Å². The number of nitrogens with one attached hydrogen (secondary N) is 1. The molecule has 0 saturated carbocycles. The Balaban J connectivity index is 2.34. The minimum Gasteiger partial charge on any atom is -0.385 e. The van der Waals surface area contributed by atoms with Gasteiger partial charge in [-0.25, -0.2) is 5.43 Å². The number of hydrazine groups is 1. The highest BCUT2D eigenvalue weighted by Crippen LogP contribution is 1.99. The summed E-state index contributed by atoms with van der Waals surface area (Å²) in [6.45, 7) is 4.02. The van der Waals surface area contributed by atoms with Gasteiger partial charge in [0.05, 0.1) is 0 Å². The molecule has 0 aromatic carbocycles. The fourth-order valence-electron chi connectivity index (χ4n) is 0.894. The van der Waals surface area contributed by atoms with E-state index in [1.807, 2.05) is 11.1 Å². The number of nitrogens with two attached hydrogens (primary N) is 1. The zero-order valence-electron chi connectivity index (χ0n) is 5.72. The molecule has 0 saturated heterocycles. The highest BCUT2D eigenvalue weighted by molar-refractivity contribution is 5.01. The third-order valence-corrected chi connectivity index (χ3v) is 1.35. The van der Waals surface area contributed by atoms with Crippen LogP contribution in [-0.4, -0.2) is 18.1 Å². The zero-order valence-corrected chi connectivity index (χ0v) is 5.72. The standard InChI is InChI=1S/C6H13N3/c1-2-5-9-6(7)3-4-8-9/h3,8H,2,4-5,7H2,1H3. The van der Waals surface area contributed by atoms with Gasteiger partial charge in [0.1, 0.15) is 5.82 Å². The first-order valence-corrected chi connectivity index (χ1v) is 3.31. The maximum absolute atomic E-state index is 5.59. The maximum atomic E-state index is 5.59. The van der Waals surface area contributed by atoms with E-state index in [2.05, 4.69) is 12.3 Å². The van der Waals surface area contributed by atoms with Crippen LogP contribution in [0.25, 0.3) is 0 Å². The molecule has 0 bridgehead atoms. The van der Waals surface area contributed by atoms with Gasteiger partial charge in [-0.2, -0.15) is 0 Å². The van der Waals surface area contributed by atoms with Crippen LogP contribution < -0.4 is 11.2 Å². The van der Waals surface area contributed by atoms with Gasteiger partial charge in [0.2, 0.25) is 0 Å². The lowest BCUT2D eigenvalue weighted by molar-refractivity contribution is 0.279. The highest BCUT2D eigenvalue weighted by atomic mass is 15.5. The molecule has 52 valence electrons. The lowest BCUT2D eigenvalue weighted by Crippen LogP contribution is -2.35.